The Labute approximate surface area is 191 Å². The predicted molar refractivity (Wildman–Crippen MR) is 127 cm³/mol. The molecule has 2 aromatic carbocycles. The van der Waals surface area contributed by atoms with E-state index in [1.165, 1.54) is 5.56 Å². The summed E-state index contributed by atoms with van der Waals surface area (Å²) in [6.07, 6.45) is 7.59. The molecular formula is C27H33NO4. The topological polar surface area (TPSA) is 48.0 Å². The van der Waals surface area contributed by atoms with E-state index in [1.54, 1.807) is 14.2 Å². The van der Waals surface area contributed by atoms with E-state index in [-0.39, 0.29) is 11.4 Å². The van der Waals surface area contributed by atoms with E-state index in [0.717, 1.165) is 37.1 Å². The number of hydrogen-bond acceptors (Lipinski definition) is 5. The van der Waals surface area contributed by atoms with Crippen LogP contribution in [0, 0.1) is 26.2 Å². The summed E-state index contributed by atoms with van der Waals surface area (Å²) in [4.78, 5) is 15.0. The first-order chi connectivity index (χ1) is 15.3. The number of hydrogen-bond donors (Lipinski definition) is 0. The van der Waals surface area contributed by atoms with Crippen molar-refractivity contribution >= 4 is 5.97 Å². The molecule has 0 amide bonds. The Bertz CT molecular complexity index is 989. The van der Waals surface area contributed by atoms with E-state index in [9.17, 15) is 4.79 Å². The first-order valence-corrected chi connectivity index (χ1v) is 11.0. The van der Waals surface area contributed by atoms with Crippen LogP contribution in [-0.2, 0) is 10.2 Å². The Balaban J connectivity index is 1.77. The number of likely N-dealkylation sites (N-methyl/N-ethyl adjacent to an activating group) is 1. The highest BCUT2D eigenvalue weighted by Crippen LogP contribution is 2.42. The van der Waals surface area contributed by atoms with Crippen LogP contribution < -0.4 is 9.47 Å². The zero-order valence-electron chi connectivity index (χ0n) is 19.7. The van der Waals surface area contributed by atoms with Crippen molar-refractivity contribution in [2.75, 3.05) is 34.4 Å². The lowest BCUT2D eigenvalue weighted by molar-refractivity contribution is 0.0382. The van der Waals surface area contributed by atoms with E-state index in [1.807, 2.05) is 38.1 Å². The number of carbonyl (C=O) groups is 1. The van der Waals surface area contributed by atoms with Crippen LogP contribution in [0.5, 0.6) is 11.5 Å². The summed E-state index contributed by atoms with van der Waals surface area (Å²) in [5, 5.41) is 0. The summed E-state index contributed by atoms with van der Waals surface area (Å²) in [6, 6.07) is 11.8. The van der Waals surface area contributed by atoms with Crippen LogP contribution in [0.4, 0.5) is 0 Å². The monoisotopic (exact) mass is 435 g/mol. The molecule has 5 heteroatoms. The second-order valence-corrected chi connectivity index (χ2v) is 8.81. The molecule has 0 radical (unpaired) electrons. The van der Waals surface area contributed by atoms with Gasteiger partial charge in [-0.1, -0.05) is 29.2 Å². The minimum atomic E-state index is -0.578. The van der Waals surface area contributed by atoms with Crippen molar-refractivity contribution < 1.29 is 19.0 Å². The molecule has 32 heavy (non-hydrogen) atoms. The zero-order valence-corrected chi connectivity index (χ0v) is 19.7. The lowest BCUT2D eigenvalue weighted by atomic mass is 9.75. The number of terminal acetylenes is 1. The summed E-state index contributed by atoms with van der Waals surface area (Å²) in [5.41, 5.74) is 3.69. The maximum Gasteiger partial charge on any atom is 0.339 e. The van der Waals surface area contributed by atoms with Crippen molar-refractivity contribution in [3.8, 4) is 23.8 Å². The molecule has 0 unspecified atom stereocenters. The molecule has 1 fully saturated rings. The number of methoxy groups -OCH3 is 2. The molecule has 2 aromatic rings. The van der Waals surface area contributed by atoms with Gasteiger partial charge in [0.25, 0.3) is 0 Å². The molecule has 0 N–H and O–H groups in total. The molecule has 0 spiro atoms. The van der Waals surface area contributed by atoms with Crippen molar-refractivity contribution in [1.82, 2.24) is 4.90 Å². The van der Waals surface area contributed by atoms with Gasteiger partial charge in [0.1, 0.15) is 0 Å². The van der Waals surface area contributed by atoms with Crippen LogP contribution in [0.3, 0.4) is 0 Å². The van der Waals surface area contributed by atoms with Crippen molar-refractivity contribution in [2.45, 2.75) is 44.6 Å². The van der Waals surface area contributed by atoms with Crippen LogP contribution in [0.15, 0.2) is 36.4 Å². The average molecular weight is 436 g/mol. The number of likely N-dealkylation sites (tertiary alicyclic amines) is 1. The van der Waals surface area contributed by atoms with Gasteiger partial charge in [0.2, 0.25) is 0 Å². The van der Waals surface area contributed by atoms with Crippen LogP contribution in [0.1, 0.15) is 46.3 Å². The molecular weight excluding hydrogens is 402 g/mol. The molecule has 170 valence electrons. The quantitative estimate of drug-likeness (QED) is 0.450. The van der Waals surface area contributed by atoms with Gasteiger partial charge >= 0.3 is 5.97 Å². The molecule has 0 bridgehead atoms. The van der Waals surface area contributed by atoms with Crippen molar-refractivity contribution in [3.05, 3.63) is 58.7 Å². The maximum atomic E-state index is 12.7. The van der Waals surface area contributed by atoms with Crippen molar-refractivity contribution in [2.24, 2.45) is 0 Å². The number of aryl methyl sites for hydroxylation is 2. The molecule has 0 saturated carbocycles. The van der Waals surface area contributed by atoms with Gasteiger partial charge in [-0.15, -0.1) is 6.42 Å². The molecule has 1 heterocycles. The lowest BCUT2D eigenvalue weighted by Crippen LogP contribution is -2.31. The van der Waals surface area contributed by atoms with Gasteiger partial charge in [0.05, 0.1) is 19.8 Å². The molecule has 1 aliphatic rings. The standard InChI is InChI=1S/C27H33NO4/c1-7-23(32-26(29)21-15-19(2)14-20(3)16-21)10-11-27(12-13-28(4)18-27)22-8-9-24(30-5)25(17-22)31-6/h1,8-9,14-17,23H,10-13,18H2,2-6H3/t23-,27+/m0/s1. The number of carbonyl (C=O) groups excluding carboxylic acids is 1. The second-order valence-electron chi connectivity index (χ2n) is 8.81. The fraction of sp³-hybridized carbons (Fsp3) is 0.444. The van der Waals surface area contributed by atoms with Crippen LogP contribution >= 0.6 is 0 Å². The highest BCUT2D eigenvalue weighted by molar-refractivity contribution is 5.90. The number of nitrogens with zero attached hydrogens (tertiary/aromatic N) is 1. The molecule has 0 aliphatic carbocycles. The smallest absolute Gasteiger partial charge is 0.339 e. The molecule has 0 aromatic heterocycles. The van der Waals surface area contributed by atoms with Crippen molar-refractivity contribution in [1.29, 1.82) is 0 Å². The molecule has 5 nitrogen and oxygen atoms in total. The van der Waals surface area contributed by atoms with Crippen LogP contribution in [0.2, 0.25) is 0 Å². The molecule has 1 aliphatic heterocycles. The van der Waals surface area contributed by atoms with Gasteiger partial charge in [-0.3, -0.25) is 0 Å². The summed E-state index contributed by atoms with van der Waals surface area (Å²) < 4.78 is 16.7. The third-order valence-corrected chi connectivity index (χ3v) is 6.32. The number of esters is 1. The van der Waals surface area contributed by atoms with E-state index >= 15 is 0 Å². The molecule has 3 rings (SSSR count). The first kappa shape index (κ1) is 23.7. The summed E-state index contributed by atoms with van der Waals surface area (Å²) in [5.74, 6) is 3.73. The molecule has 2 atom stereocenters. The SMILES string of the molecule is C#C[C@@H](CC[C@@]1(c2ccc(OC)c(OC)c2)CCN(C)C1)OC(=O)c1cc(C)cc(C)c1. The summed E-state index contributed by atoms with van der Waals surface area (Å²) in [6.45, 7) is 5.83. The predicted octanol–water partition coefficient (Wildman–Crippen LogP) is 4.53. The third kappa shape index (κ3) is 5.26. The fourth-order valence-corrected chi connectivity index (χ4v) is 4.70. The first-order valence-electron chi connectivity index (χ1n) is 11.0. The summed E-state index contributed by atoms with van der Waals surface area (Å²) >= 11 is 0. The van der Waals surface area contributed by atoms with E-state index in [4.69, 9.17) is 20.6 Å². The summed E-state index contributed by atoms with van der Waals surface area (Å²) in [7, 11) is 5.41. The minimum absolute atomic E-state index is 0.0876. The number of benzene rings is 2. The fourth-order valence-electron chi connectivity index (χ4n) is 4.70. The Hall–Kier alpha value is -2.97. The van der Waals surface area contributed by atoms with Crippen LogP contribution in [-0.4, -0.2) is 51.3 Å². The second kappa shape index (κ2) is 10.1. The normalized spacial score (nSPS) is 19.2. The van der Waals surface area contributed by atoms with E-state index in [0.29, 0.717) is 23.5 Å². The van der Waals surface area contributed by atoms with E-state index < -0.39 is 6.10 Å². The highest BCUT2D eigenvalue weighted by Gasteiger charge is 2.39. The zero-order chi connectivity index (χ0) is 23.3. The van der Waals surface area contributed by atoms with Gasteiger partial charge in [-0.05, 0) is 76.5 Å². The van der Waals surface area contributed by atoms with Gasteiger partial charge in [-0.25, -0.2) is 4.79 Å². The lowest BCUT2D eigenvalue weighted by Gasteiger charge is -2.31. The Morgan fingerprint density at radius 3 is 2.38 bits per heavy atom. The van der Waals surface area contributed by atoms with Gasteiger partial charge in [0, 0.05) is 12.0 Å². The molecule has 1 saturated heterocycles. The average Bonchev–Trinajstić information content (AvgIpc) is 3.17. The Kier molecular flexibility index (Phi) is 7.48. The number of rotatable bonds is 8. The van der Waals surface area contributed by atoms with Crippen LogP contribution in [0.25, 0.3) is 0 Å². The number of ether oxygens (including phenoxy) is 3. The van der Waals surface area contributed by atoms with Gasteiger partial charge in [-0.2, -0.15) is 0 Å². The van der Waals surface area contributed by atoms with Gasteiger partial charge < -0.3 is 19.1 Å². The maximum absolute atomic E-state index is 12.7. The van der Waals surface area contributed by atoms with Gasteiger partial charge in [0.15, 0.2) is 17.6 Å². The highest BCUT2D eigenvalue weighted by atomic mass is 16.5. The largest absolute Gasteiger partial charge is 0.493 e. The Morgan fingerprint density at radius 1 is 1.12 bits per heavy atom. The van der Waals surface area contributed by atoms with Crippen molar-refractivity contribution in [3.63, 3.8) is 0 Å². The third-order valence-electron chi connectivity index (χ3n) is 6.32. The minimum Gasteiger partial charge on any atom is -0.493 e. The van der Waals surface area contributed by atoms with E-state index in [2.05, 4.69) is 30.0 Å². The Morgan fingerprint density at radius 2 is 1.81 bits per heavy atom.